The average molecular weight is 380 g/mol. The Bertz CT molecular complexity index is 904. The lowest BCUT2D eigenvalue weighted by Crippen LogP contribution is -2.54. The lowest BCUT2D eigenvalue weighted by atomic mass is 10.1. The molecule has 2 aromatic heterocycles. The van der Waals surface area contributed by atoms with Gasteiger partial charge in [0.05, 0.1) is 5.69 Å². The van der Waals surface area contributed by atoms with Crippen molar-refractivity contribution in [2.45, 2.75) is 25.9 Å². The van der Waals surface area contributed by atoms with Gasteiger partial charge in [0.15, 0.2) is 5.82 Å². The van der Waals surface area contributed by atoms with Crippen LogP contribution in [0.3, 0.4) is 0 Å². The zero-order valence-electron chi connectivity index (χ0n) is 15.4. The maximum Gasteiger partial charge on any atom is 0.163 e. The van der Waals surface area contributed by atoms with Crippen molar-refractivity contribution in [1.82, 2.24) is 20.3 Å². The quantitative estimate of drug-likeness (QED) is 0.744. The first-order valence-electron chi connectivity index (χ1n) is 9.15. The molecule has 5 nitrogen and oxygen atoms in total. The predicted molar refractivity (Wildman–Crippen MR) is 110 cm³/mol. The van der Waals surface area contributed by atoms with Crippen LogP contribution < -0.4 is 10.2 Å². The first-order chi connectivity index (χ1) is 13.1. The van der Waals surface area contributed by atoms with Gasteiger partial charge < -0.3 is 10.2 Å². The molecule has 1 aliphatic heterocycles. The fourth-order valence-corrected chi connectivity index (χ4v) is 3.63. The fraction of sp³-hybridized carbons (Fsp3) is 0.286. The molecule has 1 saturated heterocycles. The number of hydrogen-bond acceptors (Lipinski definition) is 5. The Labute approximate surface area is 164 Å². The first-order valence-corrected chi connectivity index (χ1v) is 9.53. The van der Waals surface area contributed by atoms with Crippen LogP contribution in [0.2, 0.25) is 5.02 Å². The van der Waals surface area contributed by atoms with Crippen molar-refractivity contribution in [2.75, 3.05) is 18.0 Å². The number of rotatable bonds is 3. The van der Waals surface area contributed by atoms with Crippen molar-refractivity contribution in [3.05, 3.63) is 59.9 Å². The van der Waals surface area contributed by atoms with Crippen molar-refractivity contribution >= 4 is 17.4 Å². The smallest absolute Gasteiger partial charge is 0.163 e. The van der Waals surface area contributed by atoms with Gasteiger partial charge in [0.2, 0.25) is 0 Å². The molecule has 0 unspecified atom stereocenters. The second-order valence-corrected chi connectivity index (χ2v) is 7.49. The Kier molecular flexibility index (Phi) is 5.05. The molecule has 27 heavy (non-hydrogen) atoms. The third kappa shape index (κ3) is 4.10. The van der Waals surface area contributed by atoms with Gasteiger partial charge in [-0.15, -0.1) is 0 Å². The molecule has 3 aromatic rings. The number of pyridine rings is 1. The summed E-state index contributed by atoms with van der Waals surface area (Å²) in [5.41, 5.74) is 2.81. The summed E-state index contributed by atoms with van der Waals surface area (Å²) in [5.74, 6) is 1.62. The molecule has 0 bridgehead atoms. The Morgan fingerprint density at radius 1 is 1.00 bits per heavy atom. The van der Waals surface area contributed by atoms with Crippen LogP contribution in [0.25, 0.3) is 22.6 Å². The Hall–Kier alpha value is -2.50. The standard InChI is InChI=1S/C21H22ClN5/c1-14-12-27(13-15(2)24-14)20-10-19(16-5-7-18(22)8-6-16)25-21(26-20)17-4-3-9-23-11-17/h3-11,14-15,24H,12-13H2,1-2H3/t14-,15+. The summed E-state index contributed by atoms with van der Waals surface area (Å²) in [6.07, 6.45) is 3.56. The molecule has 1 aromatic carbocycles. The normalized spacial score (nSPS) is 19.9. The van der Waals surface area contributed by atoms with Crippen molar-refractivity contribution in [3.8, 4) is 22.6 Å². The Balaban J connectivity index is 1.80. The summed E-state index contributed by atoms with van der Waals surface area (Å²) in [6, 6.07) is 14.5. The van der Waals surface area contributed by atoms with E-state index >= 15 is 0 Å². The highest BCUT2D eigenvalue weighted by Crippen LogP contribution is 2.27. The number of halogens is 1. The van der Waals surface area contributed by atoms with Crippen LogP contribution in [-0.2, 0) is 0 Å². The van der Waals surface area contributed by atoms with Crippen molar-refractivity contribution < 1.29 is 0 Å². The minimum absolute atomic E-state index is 0.407. The van der Waals surface area contributed by atoms with Gasteiger partial charge in [0.25, 0.3) is 0 Å². The summed E-state index contributed by atoms with van der Waals surface area (Å²) >= 11 is 6.06. The van der Waals surface area contributed by atoms with Gasteiger partial charge in [-0.05, 0) is 38.1 Å². The van der Waals surface area contributed by atoms with E-state index in [9.17, 15) is 0 Å². The van der Waals surface area contributed by atoms with Gasteiger partial charge in [-0.2, -0.15) is 0 Å². The van der Waals surface area contributed by atoms with E-state index in [0.29, 0.717) is 22.9 Å². The summed E-state index contributed by atoms with van der Waals surface area (Å²) in [6.45, 7) is 6.22. The van der Waals surface area contributed by atoms with E-state index in [-0.39, 0.29) is 0 Å². The number of anilines is 1. The van der Waals surface area contributed by atoms with Crippen LogP contribution in [-0.4, -0.2) is 40.1 Å². The molecular weight excluding hydrogens is 358 g/mol. The summed E-state index contributed by atoms with van der Waals surface area (Å²) < 4.78 is 0. The number of nitrogens with zero attached hydrogens (tertiary/aromatic N) is 4. The highest BCUT2D eigenvalue weighted by molar-refractivity contribution is 6.30. The minimum Gasteiger partial charge on any atom is -0.353 e. The van der Waals surface area contributed by atoms with Crippen LogP contribution in [0.1, 0.15) is 13.8 Å². The number of benzene rings is 1. The van der Waals surface area contributed by atoms with E-state index in [1.54, 1.807) is 12.4 Å². The van der Waals surface area contributed by atoms with Gasteiger partial charge in [0, 0.05) is 59.8 Å². The van der Waals surface area contributed by atoms with Crippen molar-refractivity contribution in [3.63, 3.8) is 0 Å². The molecule has 0 radical (unpaired) electrons. The maximum atomic E-state index is 6.06. The highest BCUT2D eigenvalue weighted by Gasteiger charge is 2.23. The summed E-state index contributed by atoms with van der Waals surface area (Å²) in [5, 5.41) is 4.28. The lowest BCUT2D eigenvalue weighted by Gasteiger charge is -2.37. The van der Waals surface area contributed by atoms with E-state index in [1.807, 2.05) is 36.4 Å². The van der Waals surface area contributed by atoms with Crippen molar-refractivity contribution in [1.29, 1.82) is 0 Å². The molecule has 4 rings (SSSR count). The van der Waals surface area contributed by atoms with Gasteiger partial charge in [-0.1, -0.05) is 23.7 Å². The van der Waals surface area contributed by atoms with Gasteiger partial charge in [-0.25, -0.2) is 9.97 Å². The second-order valence-electron chi connectivity index (χ2n) is 7.06. The highest BCUT2D eigenvalue weighted by atomic mass is 35.5. The maximum absolute atomic E-state index is 6.06. The lowest BCUT2D eigenvalue weighted by molar-refractivity contribution is 0.405. The van der Waals surface area contributed by atoms with E-state index in [1.165, 1.54) is 0 Å². The second kappa shape index (κ2) is 7.62. The molecule has 1 aliphatic rings. The third-order valence-corrected chi connectivity index (χ3v) is 4.91. The average Bonchev–Trinajstić information content (AvgIpc) is 2.68. The SMILES string of the molecule is C[C@@H]1CN(c2cc(-c3ccc(Cl)cc3)nc(-c3cccnc3)n2)C[C@H](C)N1. The molecule has 0 amide bonds. The first kappa shape index (κ1) is 17.9. The molecular formula is C21H22ClN5. The zero-order chi connectivity index (χ0) is 18.8. The Morgan fingerprint density at radius 2 is 1.74 bits per heavy atom. The minimum atomic E-state index is 0.407. The van der Waals surface area contributed by atoms with Crippen LogP contribution in [0.4, 0.5) is 5.82 Å². The number of nitrogens with one attached hydrogen (secondary N) is 1. The molecule has 0 spiro atoms. The zero-order valence-corrected chi connectivity index (χ0v) is 16.2. The molecule has 138 valence electrons. The van der Waals surface area contributed by atoms with E-state index in [2.05, 4.69) is 35.1 Å². The van der Waals surface area contributed by atoms with Crippen LogP contribution in [0.15, 0.2) is 54.9 Å². The van der Waals surface area contributed by atoms with Crippen LogP contribution >= 0.6 is 11.6 Å². The third-order valence-electron chi connectivity index (χ3n) is 4.65. The summed E-state index contributed by atoms with van der Waals surface area (Å²) in [7, 11) is 0. The Morgan fingerprint density at radius 3 is 2.41 bits per heavy atom. The van der Waals surface area contributed by atoms with Crippen molar-refractivity contribution in [2.24, 2.45) is 0 Å². The largest absolute Gasteiger partial charge is 0.353 e. The number of aromatic nitrogens is 3. The van der Waals surface area contributed by atoms with Gasteiger partial charge in [-0.3, -0.25) is 4.98 Å². The molecule has 1 N–H and O–H groups in total. The molecule has 0 aliphatic carbocycles. The molecule has 6 heteroatoms. The predicted octanol–water partition coefficient (Wildman–Crippen LogP) is 4.05. The van der Waals surface area contributed by atoms with E-state index in [0.717, 1.165) is 35.7 Å². The fourth-order valence-electron chi connectivity index (χ4n) is 3.50. The number of piperazine rings is 1. The van der Waals surface area contributed by atoms with E-state index < -0.39 is 0 Å². The van der Waals surface area contributed by atoms with Gasteiger partial charge >= 0.3 is 0 Å². The monoisotopic (exact) mass is 379 g/mol. The van der Waals surface area contributed by atoms with Crippen LogP contribution in [0, 0.1) is 0 Å². The molecule has 1 fully saturated rings. The summed E-state index contributed by atoms with van der Waals surface area (Å²) in [4.78, 5) is 16.2. The van der Waals surface area contributed by atoms with Crippen LogP contribution in [0.5, 0.6) is 0 Å². The van der Waals surface area contributed by atoms with Gasteiger partial charge in [0.1, 0.15) is 5.82 Å². The van der Waals surface area contributed by atoms with E-state index in [4.69, 9.17) is 21.6 Å². The molecule has 3 heterocycles. The molecule has 2 atom stereocenters. The number of hydrogen-bond donors (Lipinski definition) is 1. The molecule has 0 saturated carbocycles. The topological polar surface area (TPSA) is 53.9 Å².